The second-order valence-corrected chi connectivity index (χ2v) is 8.89. The number of hydrazone groups is 1. The number of carbonyl (C=O) groups is 1. The van der Waals surface area contributed by atoms with Crippen molar-refractivity contribution in [3.8, 4) is 5.75 Å². The lowest BCUT2D eigenvalue weighted by molar-refractivity contribution is -0.00455. The largest absolute Gasteiger partial charge is 0.461 e. The molecular formula is C24H18BrClN2O2. The van der Waals surface area contributed by atoms with E-state index < -0.39 is 6.23 Å². The molecule has 2 atom stereocenters. The molecule has 4 nitrogen and oxygen atoms in total. The molecule has 0 unspecified atom stereocenters. The number of benzene rings is 3. The molecule has 2 heterocycles. The number of aryl methyl sites for hydroxylation is 1. The van der Waals surface area contributed by atoms with Gasteiger partial charge in [-0.3, -0.25) is 4.79 Å². The zero-order valence-electron chi connectivity index (χ0n) is 16.2. The number of fused-ring (bicyclic) bond motifs is 3. The normalized spacial score (nSPS) is 19.6. The number of carbonyl (C=O) groups excluding carboxylic acids is 1. The lowest BCUT2D eigenvalue weighted by Gasteiger charge is -2.37. The van der Waals surface area contributed by atoms with Crippen LogP contribution in [0.25, 0.3) is 0 Å². The van der Waals surface area contributed by atoms with Crippen molar-refractivity contribution in [2.75, 3.05) is 0 Å². The summed E-state index contributed by atoms with van der Waals surface area (Å²) >= 11 is 9.74. The Morgan fingerprint density at radius 3 is 2.57 bits per heavy atom. The topological polar surface area (TPSA) is 41.9 Å². The molecule has 0 radical (unpaired) electrons. The fourth-order valence-electron chi connectivity index (χ4n) is 3.91. The van der Waals surface area contributed by atoms with Crippen molar-refractivity contribution in [2.45, 2.75) is 25.6 Å². The Labute approximate surface area is 188 Å². The summed E-state index contributed by atoms with van der Waals surface area (Å²) in [4.78, 5) is 13.4. The Morgan fingerprint density at radius 1 is 1.10 bits per heavy atom. The molecule has 5 rings (SSSR count). The highest BCUT2D eigenvalue weighted by molar-refractivity contribution is 9.10. The molecule has 3 aromatic carbocycles. The third-order valence-electron chi connectivity index (χ3n) is 5.49. The number of ketones is 1. The van der Waals surface area contributed by atoms with E-state index in [0.717, 1.165) is 26.9 Å². The molecule has 150 valence electrons. The molecule has 0 bridgehead atoms. The predicted molar refractivity (Wildman–Crippen MR) is 121 cm³/mol. The summed E-state index contributed by atoms with van der Waals surface area (Å²) < 4.78 is 7.16. The molecule has 3 aromatic rings. The van der Waals surface area contributed by atoms with Crippen LogP contribution >= 0.6 is 27.5 Å². The maximum Gasteiger partial charge on any atom is 0.251 e. The van der Waals surface area contributed by atoms with Gasteiger partial charge in [0.1, 0.15) is 5.75 Å². The number of hydrogen-bond acceptors (Lipinski definition) is 4. The van der Waals surface area contributed by atoms with E-state index in [1.54, 1.807) is 11.1 Å². The summed E-state index contributed by atoms with van der Waals surface area (Å²) in [6.45, 7) is 2.00. The van der Waals surface area contributed by atoms with E-state index in [1.807, 2.05) is 67.6 Å². The highest BCUT2D eigenvalue weighted by Crippen LogP contribution is 2.44. The van der Waals surface area contributed by atoms with Crippen LogP contribution < -0.4 is 4.74 Å². The van der Waals surface area contributed by atoms with E-state index in [9.17, 15) is 4.79 Å². The highest BCUT2D eigenvalue weighted by Gasteiger charge is 2.43. The summed E-state index contributed by atoms with van der Waals surface area (Å²) in [7, 11) is 0. The zero-order valence-corrected chi connectivity index (χ0v) is 18.5. The second kappa shape index (κ2) is 7.56. The number of hydrogen-bond donors (Lipinski definition) is 0. The number of rotatable bonds is 3. The van der Waals surface area contributed by atoms with Gasteiger partial charge in [0.2, 0.25) is 5.78 Å². The fraction of sp³-hybridized carbons (Fsp3) is 0.167. The Morgan fingerprint density at radius 2 is 1.83 bits per heavy atom. The molecular weight excluding hydrogens is 464 g/mol. The van der Waals surface area contributed by atoms with Gasteiger partial charge in [-0.15, -0.1) is 0 Å². The second-order valence-electron chi connectivity index (χ2n) is 7.54. The minimum Gasteiger partial charge on any atom is -0.461 e. The Balaban J connectivity index is 1.57. The van der Waals surface area contributed by atoms with Gasteiger partial charge in [-0.25, -0.2) is 5.01 Å². The van der Waals surface area contributed by atoms with Crippen LogP contribution in [-0.2, 0) is 0 Å². The Hall–Kier alpha value is -2.63. The minimum atomic E-state index is -0.820. The monoisotopic (exact) mass is 480 g/mol. The SMILES string of the molecule is Cc1ccc(C(=O)[C@H]2Oc3ccc(Cl)cc3[C@@H]3CC(c4ccc(Br)cc4)=NN23)cc1. The standard InChI is InChI=1S/C24H18BrClN2O2/c1-14-2-4-16(5-3-14)23(29)24-28-21(19-12-18(26)10-11-22(19)30-24)13-20(27-28)15-6-8-17(25)9-7-15/h2-12,21,24H,13H2,1H3/t21-,24+/m0/s1. The molecule has 2 aliphatic heterocycles. The van der Waals surface area contributed by atoms with Gasteiger partial charge < -0.3 is 4.74 Å². The number of ether oxygens (including phenoxy) is 1. The number of Topliss-reactive ketones (excluding diaryl/α,β-unsaturated/α-hetero) is 1. The van der Waals surface area contributed by atoms with E-state index in [1.165, 1.54) is 0 Å². The third kappa shape index (κ3) is 3.42. The van der Waals surface area contributed by atoms with Gasteiger partial charge >= 0.3 is 0 Å². The van der Waals surface area contributed by atoms with Crippen LogP contribution in [0.4, 0.5) is 0 Å². The van der Waals surface area contributed by atoms with Crippen LogP contribution in [0.15, 0.2) is 76.3 Å². The first-order valence-electron chi connectivity index (χ1n) is 9.68. The molecule has 2 aliphatic rings. The average Bonchev–Trinajstić information content (AvgIpc) is 3.19. The molecule has 0 spiro atoms. The van der Waals surface area contributed by atoms with Gasteiger partial charge in [0, 0.05) is 27.0 Å². The first-order chi connectivity index (χ1) is 14.5. The number of halogens is 2. The van der Waals surface area contributed by atoms with E-state index in [0.29, 0.717) is 22.8 Å². The lowest BCUT2D eigenvalue weighted by atomic mass is 9.95. The van der Waals surface area contributed by atoms with Crippen molar-refractivity contribution in [3.05, 3.63) is 98.5 Å². The predicted octanol–water partition coefficient (Wildman–Crippen LogP) is 6.16. The van der Waals surface area contributed by atoms with Gasteiger partial charge in [0.25, 0.3) is 6.23 Å². The van der Waals surface area contributed by atoms with Gasteiger partial charge in [0.15, 0.2) is 0 Å². The first-order valence-corrected chi connectivity index (χ1v) is 10.9. The van der Waals surface area contributed by atoms with E-state index in [-0.39, 0.29) is 11.8 Å². The van der Waals surface area contributed by atoms with Crippen molar-refractivity contribution < 1.29 is 9.53 Å². The zero-order chi connectivity index (χ0) is 20.8. The Kier molecular flexibility index (Phi) is 4.88. The third-order valence-corrected chi connectivity index (χ3v) is 6.25. The van der Waals surface area contributed by atoms with Gasteiger partial charge in [-0.2, -0.15) is 5.10 Å². The maximum absolute atomic E-state index is 13.4. The van der Waals surface area contributed by atoms with Crippen molar-refractivity contribution in [1.82, 2.24) is 5.01 Å². The van der Waals surface area contributed by atoms with Crippen molar-refractivity contribution in [2.24, 2.45) is 5.10 Å². The van der Waals surface area contributed by atoms with Crippen molar-refractivity contribution >= 4 is 39.0 Å². The van der Waals surface area contributed by atoms with Crippen LogP contribution in [0.2, 0.25) is 5.02 Å². The fourth-order valence-corrected chi connectivity index (χ4v) is 4.35. The van der Waals surface area contributed by atoms with E-state index in [2.05, 4.69) is 15.9 Å². The molecule has 0 saturated heterocycles. The summed E-state index contributed by atoms with van der Waals surface area (Å²) in [5.41, 5.74) is 4.61. The molecule has 0 aliphatic carbocycles. The Bertz CT molecular complexity index is 1160. The van der Waals surface area contributed by atoms with E-state index in [4.69, 9.17) is 21.4 Å². The molecule has 0 saturated carbocycles. The summed E-state index contributed by atoms with van der Waals surface area (Å²) in [5.74, 6) is 0.569. The maximum atomic E-state index is 13.4. The lowest BCUT2D eigenvalue weighted by Crippen LogP contribution is -2.45. The summed E-state index contributed by atoms with van der Waals surface area (Å²) in [5, 5.41) is 7.26. The molecule has 0 aromatic heterocycles. The van der Waals surface area contributed by atoms with Crippen LogP contribution in [0.3, 0.4) is 0 Å². The molecule has 0 amide bonds. The van der Waals surface area contributed by atoms with Crippen molar-refractivity contribution in [1.29, 1.82) is 0 Å². The van der Waals surface area contributed by atoms with Gasteiger partial charge in [-0.05, 0) is 42.8 Å². The first kappa shape index (κ1) is 19.3. The number of nitrogens with zero attached hydrogens (tertiary/aromatic N) is 2. The summed E-state index contributed by atoms with van der Waals surface area (Å²) in [6.07, 6.45) is -0.143. The molecule has 0 fully saturated rings. The van der Waals surface area contributed by atoms with Gasteiger partial charge in [-0.1, -0.05) is 69.5 Å². The quantitative estimate of drug-likeness (QED) is 0.421. The minimum absolute atomic E-state index is 0.106. The van der Waals surface area contributed by atoms with Crippen LogP contribution in [0.5, 0.6) is 5.75 Å². The van der Waals surface area contributed by atoms with Gasteiger partial charge in [0.05, 0.1) is 11.8 Å². The molecule has 30 heavy (non-hydrogen) atoms. The smallest absolute Gasteiger partial charge is 0.251 e. The molecule has 0 N–H and O–H groups in total. The van der Waals surface area contributed by atoms with Crippen LogP contribution in [0, 0.1) is 6.92 Å². The average molecular weight is 482 g/mol. The van der Waals surface area contributed by atoms with Crippen molar-refractivity contribution in [3.63, 3.8) is 0 Å². The van der Waals surface area contributed by atoms with E-state index >= 15 is 0 Å². The van der Waals surface area contributed by atoms with Crippen LogP contribution in [0.1, 0.15) is 39.5 Å². The summed E-state index contributed by atoms with van der Waals surface area (Å²) in [6, 6.07) is 21.0. The molecule has 6 heteroatoms. The highest BCUT2D eigenvalue weighted by atomic mass is 79.9. The van der Waals surface area contributed by atoms with Crippen LogP contribution in [-0.4, -0.2) is 22.7 Å².